The van der Waals surface area contributed by atoms with E-state index in [9.17, 15) is 4.79 Å². The number of hydrogen-bond acceptors (Lipinski definition) is 5. The summed E-state index contributed by atoms with van der Waals surface area (Å²) in [6, 6.07) is 20.6. The van der Waals surface area contributed by atoms with E-state index in [1.165, 1.54) is 0 Å². The van der Waals surface area contributed by atoms with Crippen molar-refractivity contribution in [2.75, 3.05) is 27.4 Å². The topological polar surface area (TPSA) is 66.0 Å². The third-order valence-corrected chi connectivity index (χ3v) is 5.23. The first-order valence-electron chi connectivity index (χ1n) is 10.1. The van der Waals surface area contributed by atoms with Gasteiger partial charge in [0.2, 0.25) is 0 Å². The summed E-state index contributed by atoms with van der Waals surface area (Å²) in [5.41, 5.74) is 2.60. The molecule has 0 fully saturated rings. The monoisotopic (exact) mass is 419 g/mol. The smallest absolute Gasteiger partial charge is 0.251 e. The van der Waals surface area contributed by atoms with Gasteiger partial charge in [0.05, 0.1) is 20.3 Å². The Kier molecular flexibility index (Phi) is 6.26. The number of hydrogen-bond donors (Lipinski definition) is 1. The van der Waals surface area contributed by atoms with Crippen molar-refractivity contribution in [1.29, 1.82) is 0 Å². The van der Waals surface area contributed by atoms with E-state index in [2.05, 4.69) is 5.32 Å². The Bertz CT molecular complexity index is 1030. The summed E-state index contributed by atoms with van der Waals surface area (Å²) in [5.74, 6) is 2.64. The van der Waals surface area contributed by atoms with Crippen molar-refractivity contribution in [2.45, 2.75) is 12.5 Å². The fourth-order valence-electron chi connectivity index (χ4n) is 3.51. The van der Waals surface area contributed by atoms with Gasteiger partial charge in [0.25, 0.3) is 5.91 Å². The lowest BCUT2D eigenvalue weighted by atomic mass is 9.98. The summed E-state index contributed by atoms with van der Waals surface area (Å²) >= 11 is 0. The number of methoxy groups -OCH3 is 2. The molecule has 0 aromatic heterocycles. The number of rotatable bonds is 7. The van der Waals surface area contributed by atoms with Crippen molar-refractivity contribution in [3.05, 3.63) is 83.4 Å². The number of carbonyl (C=O) groups excluding carboxylic acids is 1. The molecule has 1 unspecified atom stereocenters. The van der Waals surface area contributed by atoms with Crippen molar-refractivity contribution in [3.8, 4) is 23.0 Å². The van der Waals surface area contributed by atoms with E-state index in [4.69, 9.17) is 18.9 Å². The van der Waals surface area contributed by atoms with Crippen molar-refractivity contribution >= 4 is 5.91 Å². The molecule has 0 saturated carbocycles. The molecule has 0 saturated heterocycles. The predicted octanol–water partition coefficient (Wildman–Crippen LogP) is 4.19. The van der Waals surface area contributed by atoms with Gasteiger partial charge in [-0.25, -0.2) is 0 Å². The summed E-state index contributed by atoms with van der Waals surface area (Å²) in [7, 11) is 3.27. The SMILES string of the molecule is COc1ccc(CC(NC(=O)c2ccc3c(c2)OCCO3)c2ccc(OC)cc2)cc1. The van der Waals surface area contributed by atoms with E-state index >= 15 is 0 Å². The quantitative estimate of drug-likeness (QED) is 0.622. The van der Waals surface area contributed by atoms with Gasteiger partial charge in [-0.2, -0.15) is 0 Å². The van der Waals surface area contributed by atoms with Gasteiger partial charge in [-0.3, -0.25) is 4.79 Å². The van der Waals surface area contributed by atoms with Crippen LogP contribution in [-0.2, 0) is 6.42 Å². The van der Waals surface area contributed by atoms with Crippen LogP contribution in [0.5, 0.6) is 23.0 Å². The lowest BCUT2D eigenvalue weighted by Gasteiger charge is -2.22. The van der Waals surface area contributed by atoms with E-state index in [0.29, 0.717) is 36.7 Å². The number of amides is 1. The third kappa shape index (κ3) is 4.91. The molecule has 0 spiro atoms. The number of nitrogens with one attached hydrogen (secondary N) is 1. The summed E-state index contributed by atoms with van der Waals surface area (Å²) in [6.45, 7) is 0.990. The molecule has 1 N–H and O–H groups in total. The minimum atomic E-state index is -0.222. The van der Waals surface area contributed by atoms with Gasteiger partial charge >= 0.3 is 0 Å². The number of carbonyl (C=O) groups is 1. The molecule has 31 heavy (non-hydrogen) atoms. The largest absolute Gasteiger partial charge is 0.497 e. The third-order valence-electron chi connectivity index (χ3n) is 5.23. The van der Waals surface area contributed by atoms with Crippen LogP contribution in [0.2, 0.25) is 0 Å². The highest BCUT2D eigenvalue weighted by molar-refractivity contribution is 5.95. The van der Waals surface area contributed by atoms with Gasteiger partial charge in [-0.05, 0) is 60.0 Å². The Hall–Kier alpha value is -3.67. The summed E-state index contributed by atoms with van der Waals surface area (Å²) in [6.07, 6.45) is 0.632. The van der Waals surface area contributed by atoms with Gasteiger partial charge in [0.1, 0.15) is 24.7 Å². The van der Waals surface area contributed by atoms with Crippen molar-refractivity contribution in [3.63, 3.8) is 0 Å². The van der Waals surface area contributed by atoms with E-state index in [1.54, 1.807) is 32.4 Å². The molecule has 3 aromatic carbocycles. The summed E-state index contributed by atoms with van der Waals surface area (Å²) in [5, 5.41) is 3.16. The van der Waals surface area contributed by atoms with Crippen molar-refractivity contribution in [1.82, 2.24) is 5.32 Å². The molecule has 0 aliphatic carbocycles. The van der Waals surface area contributed by atoms with Gasteiger partial charge in [-0.15, -0.1) is 0 Å². The van der Waals surface area contributed by atoms with Gasteiger partial charge in [0, 0.05) is 5.56 Å². The Morgan fingerprint density at radius 2 is 1.48 bits per heavy atom. The molecular formula is C25H25NO5. The highest BCUT2D eigenvalue weighted by Gasteiger charge is 2.19. The van der Waals surface area contributed by atoms with Crippen LogP contribution >= 0.6 is 0 Å². The minimum Gasteiger partial charge on any atom is -0.497 e. The molecule has 6 nitrogen and oxygen atoms in total. The first-order chi connectivity index (χ1) is 15.2. The standard InChI is InChI=1S/C25H25NO5/c1-28-20-8-3-17(4-9-20)15-22(18-5-10-21(29-2)11-6-18)26-25(27)19-7-12-23-24(16-19)31-14-13-30-23/h3-12,16,22H,13-15H2,1-2H3,(H,26,27). The molecule has 160 valence electrons. The maximum absolute atomic E-state index is 13.1. The molecule has 0 bridgehead atoms. The molecular weight excluding hydrogens is 394 g/mol. The van der Waals surface area contributed by atoms with Crippen LogP contribution in [0.15, 0.2) is 66.7 Å². The maximum atomic E-state index is 13.1. The normalized spacial score (nSPS) is 13.2. The van der Waals surface area contributed by atoms with Gasteiger partial charge in [0.15, 0.2) is 11.5 Å². The van der Waals surface area contributed by atoms with Crippen LogP contribution in [0.25, 0.3) is 0 Å². The second-order valence-corrected chi connectivity index (χ2v) is 7.21. The number of benzene rings is 3. The van der Waals surface area contributed by atoms with Crippen LogP contribution in [0.3, 0.4) is 0 Å². The lowest BCUT2D eigenvalue weighted by Crippen LogP contribution is -2.30. The Morgan fingerprint density at radius 1 is 0.871 bits per heavy atom. The van der Waals surface area contributed by atoms with Crippen LogP contribution in [0, 0.1) is 0 Å². The molecule has 3 aromatic rings. The highest BCUT2D eigenvalue weighted by Crippen LogP contribution is 2.31. The van der Waals surface area contributed by atoms with E-state index in [-0.39, 0.29) is 11.9 Å². The Labute approximate surface area is 181 Å². The molecule has 1 heterocycles. The summed E-state index contributed by atoms with van der Waals surface area (Å²) in [4.78, 5) is 13.1. The molecule has 1 atom stereocenters. The van der Waals surface area contributed by atoms with Crippen molar-refractivity contribution < 1.29 is 23.7 Å². The average Bonchev–Trinajstić information content (AvgIpc) is 2.83. The molecule has 0 radical (unpaired) electrons. The van der Waals surface area contributed by atoms with Gasteiger partial charge in [-0.1, -0.05) is 24.3 Å². The maximum Gasteiger partial charge on any atom is 0.251 e. The Morgan fingerprint density at radius 3 is 2.13 bits per heavy atom. The zero-order valence-electron chi connectivity index (χ0n) is 17.6. The van der Waals surface area contributed by atoms with Crippen LogP contribution in [0.4, 0.5) is 0 Å². The van der Waals surface area contributed by atoms with Crippen LogP contribution in [0.1, 0.15) is 27.5 Å². The van der Waals surface area contributed by atoms with E-state index < -0.39 is 0 Å². The zero-order valence-corrected chi connectivity index (χ0v) is 17.6. The second-order valence-electron chi connectivity index (χ2n) is 7.21. The Balaban J connectivity index is 1.57. The molecule has 1 aliphatic rings. The summed E-state index contributed by atoms with van der Waals surface area (Å²) < 4.78 is 21.7. The first-order valence-corrected chi connectivity index (χ1v) is 10.1. The molecule has 1 aliphatic heterocycles. The molecule has 4 rings (SSSR count). The van der Waals surface area contributed by atoms with Crippen molar-refractivity contribution in [2.24, 2.45) is 0 Å². The van der Waals surface area contributed by atoms with E-state index in [0.717, 1.165) is 22.6 Å². The van der Waals surface area contributed by atoms with Gasteiger partial charge < -0.3 is 24.3 Å². The number of ether oxygens (including phenoxy) is 4. The van der Waals surface area contributed by atoms with Crippen LogP contribution in [-0.4, -0.2) is 33.3 Å². The fraction of sp³-hybridized carbons (Fsp3) is 0.240. The predicted molar refractivity (Wildman–Crippen MR) is 117 cm³/mol. The molecule has 1 amide bonds. The number of fused-ring (bicyclic) bond motifs is 1. The second kappa shape index (κ2) is 9.43. The first kappa shape index (κ1) is 20.6. The highest BCUT2D eigenvalue weighted by atomic mass is 16.6. The lowest BCUT2D eigenvalue weighted by molar-refractivity contribution is 0.0935. The molecule has 6 heteroatoms. The zero-order chi connectivity index (χ0) is 21.6. The van der Waals surface area contributed by atoms with E-state index in [1.807, 2.05) is 48.5 Å². The van der Waals surface area contributed by atoms with Crippen LogP contribution < -0.4 is 24.3 Å². The minimum absolute atomic E-state index is 0.175. The average molecular weight is 419 g/mol. The fourth-order valence-corrected chi connectivity index (χ4v) is 3.51.